The second kappa shape index (κ2) is 4.80. The van der Waals surface area contributed by atoms with Gasteiger partial charge in [-0.15, -0.1) is 0 Å². The fourth-order valence-electron chi connectivity index (χ4n) is 1.31. The van der Waals surface area contributed by atoms with Crippen LogP contribution in [0, 0.1) is 6.92 Å². The minimum absolute atomic E-state index is 0.0958. The van der Waals surface area contributed by atoms with Crippen LogP contribution >= 0.6 is 15.9 Å². The van der Waals surface area contributed by atoms with Crippen LogP contribution in [0.15, 0.2) is 25.7 Å². The Balaban J connectivity index is 1.91. The van der Waals surface area contributed by atoms with Crippen molar-refractivity contribution in [3.8, 4) is 0 Å². The Bertz CT molecular complexity index is 466. The number of halogens is 1. The van der Waals surface area contributed by atoms with E-state index >= 15 is 0 Å². The first kappa shape index (κ1) is 11.3. The average molecular weight is 286 g/mol. The van der Waals surface area contributed by atoms with Gasteiger partial charge in [-0.3, -0.25) is 5.32 Å². The number of furan rings is 1. The Labute approximate surface area is 101 Å². The zero-order valence-corrected chi connectivity index (χ0v) is 10.6. The monoisotopic (exact) mass is 285 g/mol. The molecule has 1 N–H and O–H groups in total. The van der Waals surface area contributed by atoms with Crippen LogP contribution < -0.4 is 5.32 Å². The summed E-state index contributed by atoms with van der Waals surface area (Å²) in [5.74, 6) is 2.09. The van der Waals surface area contributed by atoms with E-state index < -0.39 is 0 Å². The van der Waals surface area contributed by atoms with E-state index in [0.717, 1.165) is 10.4 Å². The molecule has 0 aliphatic rings. The van der Waals surface area contributed by atoms with Gasteiger partial charge in [0.15, 0.2) is 10.5 Å². The third-order valence-corrected chi connectivity index (χ3v) is 2.58. The smallest absolute Gasteiger partial charge is 0.240 e. The van der Waals surface area contributed by atoms with Crippen LogP contribution in [-0.2, 0) is 6.54 Å². The van der Waals surface area contributed by atoms with Gasteiger partial charge in [-0.2, -0.15) is 4.98 Å². The third kappa shape index (κ3) is 2.70. The van der Waals surface area contributed by atoms with Crippen LogP contribution in [0.25, 0.3) is 0 Å². The molecule has 6 heteroatoms. The maximum Gasteiger partial charge on any atom is 0.240 e. The highest BCUT2D eigenvalue weighted by Crippen LogP contribution is 2.20. The molecule has 1 unspecified atom stereocenters. The first-order valence-corrected chi connectivity index (χ1v) is 5.72. The van der Waals surface area contributed by atoms with Crippen LogP contribution in [0.4, 0.5) is 0 Å². The topological polar surface area (TPSA) is 64.1 Å². The number of hydrogen-bond donors (Lipinski definition) is 1. The molecule has 16 heavy (non-hydrogen) atoms. The normalized spacial score (nSPS) is 12.9. The minimum Gasteiger partial charge on any atom is -0.453 e. The van der Waals surface area contributed by atoms with Gasteiger partial charge in [0.25, 0.3) is 0 Å². The van der Waals surface area contributed by atoms with Crippen molar-refractivity contribution in [2.24, 2.45) is 0 Å². The number of hydrogen-bond acceptors (Lipinski definition) is 5. The molecule has 0 aliphatic heterocycles. The summed E-state index contributed by atoms with van der Waals surface area (Å²) in [5, 5.41) is 6.95. The second-order valence-electron chi connectivity index (χ2n) is 3.48. The highest BCUT2D eigenvalue weighted by molar-refractivity contribution is 9.10. The molecule has 2 rings (SSSR count). The number of aromatic nitrogens is 2. The zero-order chi connectivity index (χ0) is 11.5. The Hall–Kier alpha value is -1.14. The highest BCUT2D eigenvalue weighted by atomic mass is 79.9. The zero-order valence-electron chi connectivity index (χ0n) is 9.03. The van der Waals surface area contributed by atoms with Crippen molar-refractivity contribution in [1.29, 1.82) is 0 Å². The molecule has 0 amide bonds. The van der Waals surface area contributed by atoms with Crippen molar-refractivity contribution in [3.05, 3.63) is 34.3 Å². The molecule has 0 fully saturated rings. The molecule has 86 valence electrons. The molecule has 0 aromatic carbocycles. The second-order valence-corrected chi connectivity index (χ2v) is 4.26. The SMILES string of the molecule is Cc1noc(CNC(C)c2ccc(Br)o2)n1. The summed E-state index contributed by atoms with van der Waals surface area (Å²) in [6, 6.07) is 3.88. The van der Waals surface area contributed by atoms with Crippen molar-refractivity contribution in [1.82, 2.24) is 15.5 Å². The fraction of sp³-hybridized carbons (Fsp3) is 0.400. The summed E-state index contributed by atoms with van der Waals surface area (Å²) in [4.78, 5) is 4.10. The maximum atomic E-state index is 5.43. The van der Waals surface area contributed by atoms with E-state index in [1.807, 2.05) is 19.1 Å². The van der Waals surface area contributed by atoms with Gasteiger partial charge >= 0.3 is 0 Å². The van der Waals surface area contributed by atoms with E-state index in [0.29, 0.717) is 18.3 Å². The molecule has 2 heterocycles. The van der Waals surface area contributed by atoms with E-state index in [-0.39, 0.29) is 6.04 Å². The molecule has 0 saturated heterocycles. The molecule has 0 bridgehead atoms. The maximum absolute atomic E-state index is 5.43. The van der Waals surface area contributed by atoms with E-state index in [4.69, 9.17) is 8.94 Å². The summed E-state index contributed by atoms with van der Waals surface area (Å²) in [7, 11) is 0. The molecule has 2 aromatic rings. The molecule has 0 aliphatic carbocycles. The average Bonchev–Trinajstić information content (AvgIpc) is 2.84. The Morgan fingerprint density at radius 2 is 2.31 bits per heavy atom. The number of nitrogens with zero attached hydrogens (tertiary/aromatic N) is 2. The Morgan fingerprint density at radius 1 is 1.50 bits per heavy atom. The summed E-state index contributed by atoms with van der Waals surface area (Å²) < 4.78 is 11.1. The fourth-order valence-corrected chi connectivity index (χ4v) is 1.63. The molecule has 5 nitrogen and oxygen atoms in total. The van der Waals surface area contributed by atoms with Crippen molar-refractivity contribution in [3.63, 3.8) is 0 Å². The van der Waals surface area contributed by atoms with Gasteiger partial charge in [0.2, 0.25) is 5.89 Å². The first-order valence-electron chi connectivity index (χ1n) is 4.93. The minimum atomic E-state index is 0.0958. The first-order chi connectivity index (χ1) is 7.65. The Morgan fingerprint density at radius 3 is 2.88 bits per heavy atom. The van der Waals surface area contributed by atoms with E-state index in [1.165, 1.54) is 0 Å². The number of rotatable bonds is 4. The predicted octanol–water partition coefficient (Wildman–Crippen LogP) is 2.58. The summed E-state index contributed by atoms with van der Waals surface area (Å²) in [6.07, 6.45) is 0. The molecule has 2 aromatic heterocycles. The number of nitrogens with one attached hydrogen (secondary N) is 1. The lowest BCUT2D eigenvalue weighted by Crippen LogP contribution is -2.17. The van der Waals surface area contributed by atoms with Crippen LogP contribution in [-0.4, -0.2) is 10.1 Å². The Kier molecular flexibility index (Phi) is 3.40. The van der Waals surface area contributed by atoms with Crippen molar-refractivity contribution < 1.29 is 8.94 Å². The van der Waals surface area contributed by atoms with Gasteiger partial charge in [-0.25, -0.2) is 0 Å². The largest absolute Gasteiger partial charge is 0.453 e. The summed E-state index contributed by atoms with van der Waals surface area (Å²) >= 11 is 3.26. The molecular weight excluding hydrogens is 274 g/mol. The molecule has 0 radical (unpaired) electrons. The van der Waals surface area contributed by atoms with Gasteiger partial charge < -0.3 is 8.94 Å². The molecule has 1 atom stereocenters. The van der Waals surface area contributed by atoms with E-state index in [9.17, 15) is 0 Å². The van der Waals surface area contributed by atoms with Gasteiger partial charge in [0, 0.05) is 0 Å². The number of aryl methyl sites for hydroxylation is 1. The predicted molar refractivity (Wildman–Crippen MR) is 60.7 cm³/mol. The van der Waals surface area contributed by atoms with Crippen LogP contribution in [0.1, 0.15) is 30.4 Å². The molecule has 0 spiro atoms. The van der Waals surface area contributed by atoms with Crippen molar-refractivity contribution >= 4 is 15.9 Å². The lowest BCUT2D eigenvalue weighted by atomic mass is 10.2. The quantitative estimate of drug-likeness (QED) is 0.935. The van der Waals surface area contributed by atoms with Gasteiger partial charge in [0.05, 0.1) is 12.6 Å². The van der Waals surface area contributed by atoms with Gasteiger partial charge in [-0.1, -0.05) is 5.16 Å². The van der Waals surface area contributed by atoms with Crippen molar-refractivity contribution in [2.45, 2.75) is 26.4 Å². The highest BCUT2D eigenvalue weighted by Gasteiger charge is 2.11. The lowest BCUT2D eigenvalue weighted by Gasteiger charge is -2.08. The van der Waals surface area contributed by atoms with Crippen LogP contribution in [0.5, 0.6) is 0 Å². The van der Waals surface area contributed by atoms with E-state index in [2.05, 4.69) is 31.4 Å². The van der Waals surface area contributed by atoms with Crippen molar-refractivity contribution in [2.75, 3.05) is 0 Å². The summed E-state index contributed by atoms with van der Waals surface area (Å²) in [6.45, 7) is 4.33. The molecule has 0 saturated carbocycles. The van der Waals surface area contributed by atoms with Crippen LogP contribution in [0.2, 0.25) is 0 Å². The third-order valence-electron chi connectivity index (χ3n) is 2.15. The van der Waals surface area contributed by atoms with Gasteiger partial charge in [0.1, 0.15) is 5.76 Å². The van der Waals surface area contributed by atoms with Gasteiger partial charge in [-0.05, 0) is 41.9 Å². The lowest BCUT2D eigenvalue weighted by molar-refractivity contribution is 0.346. The van der Waals surface area contributed by atoms with E-state index in [1.54, 1.807) is 6.92 Å². The standard InChI is InChI=1S/C10H12BrN3O2/c1-6(8-3-4-9(11)15-8)12-5-10-13-7(2)14-16-10/h3-4,6,12H,5H2,1-2H3. The summed E-state index contributed by atoms with van der Waals surface area (Å²) in [5.41, 5.74) is 0. The van der Waals surface area contributed by atoms with Crippen LogP contribution in [0.3, 0.4) is 0 Å². The molecular formula is C10H12BrN3O2.